The van der Waals surface area contributed by atoms with Crippen LogP contribution >= 0.6 is 0 Å². The molecule has 30 heavy (non-hydrogen) atoms. The number of benzene rings is 2. The Kier molecular flexibility index (Phi) is 6.30. The number of hydrogen-bond donors (Lipinski definition) is 1. The summed E-state index contributed by atoms with van der Waals surface area (Å²) >= 11 is 0. The zero-order valence-electron chi connectivity index (χ0n) is 17.3. The van der Waals surface area contributed by atoms with Crippen LogP contribution in [0.2, 0.25) is 0 Å². The van der Waals surface area contributed by atoms with Gasteiger partial charge >= 0.3 is 11.7 Å². The van der Waals surface area contributed by atoms with Crippen molar-refractivity contribution in [2.24, 2.45) is 5.92 Å². The molecule has 3 aromatic rings. The average molecular weight is 407 g/mol. The van der Waals surface area contributed by atoms with Crippen LogP contribution in [0.4, 0.5) is 0 Å². The molecule has 156 valence electrons. The number of rotatable bonds is 7. The van der Waals surface area contributed by atoms with E-state index in [1.807, 2.05) is 38.1 Å². The van der Waals surface area contributed by atoms with E-state index in [1.54, 1.807) is 31.2 Å². The molecule has 3 rings (SSSR count). The lowest BCUT2D eigenvalue weighted by molar-refractivity contribution is 0.0697. The standard InChI is InChI=1S/C23H25N3O4/c1-4-21(27)26-23(30)25(20(24-26)13-15(2)3)14-16-9-11-17(12-10-16)18-7-5-6-8-19(18)22(28)29/h5-12,15H,4,13-14H2,1-3H3,(H,28,29). The summed E-state index contributed by atoms with van der Waals surface area (Å²) in [6.45, 7) is 6.05. The first-order valence-electron chi connectivity index (χ1n) is 9.95. The molecule has 0 radical (unpaired) electrons. The summed E-state index contributed by atoms with van der Waals surface area (Å²) in [6.07, 6.45) is 0.791. The van der Waals surface area contributed by atoms with Crippen molar-refractivity contribution in [3.8, 4) is 11.1 Å². The zero-order chi connectivity index (χ0) is 21.8. The minimum atomic E-state index is -0.979. The lowest BCUT2D eigenvalue weighted by atomic mass is 9.99. The van der Waals surface area contributed by atoms with E-state index in [1.165, 1.54) is 4.57 Å². The second-order valence-electron chi connectivity index (χ2n) is 7.59. The number of carboxylic acids is 1. The molecular formula is C23H25N3O4. The van der Waals surface area contributed by atoms with Crippen molar-refractivity contribution in [2.75, 3.05) is 0 Å². The highest BCUT2D eigenvalue weighted by Gasteiger charge is 2.18. The average Bonchev–Trinajstić information content (AvgIpc) is 3.02. The molecule has 7 heteroatoms. The summed E-state index contributed by atoms with van der Waals surface area (Å²) in [7, 11) is 0. The Hall–Kier alpha value is -3.48. The van der Waals surface area contributed by atoms with Gasteiger partial charge in [-0.3, -0.25) is 9.36 Å². The Bertz CT molecular complexity index is 1120. The van der Waals surface area contributed by atoms with E-state index < -0.39 is 11.7 Å². The van der Waals surface area contributed by atoms with Gasteiger partial charge in [0.25, 0.3) is 5.91 Å². The quantitative estimate of drug-likeness (QED) is 0.644. The summed E-state index contributed by atoms with van der Waals surface area (Å²) in [5.41, 5.74) is 2.08. The number of hydrogen-bond acceptors (Lipinski definition) is 4. The molecule has 0 spiro atoms. The third kappa shape index (κ3) is 4.40. The molecule has 0 aliphatic heterocycles. The second kappa shape index (κ2) is 8.90. The lowest BCUT2D eigenvalue weighted by Crippen LogP contribution is -2.30. The molecule has 7 nitrogen and oxygen atoms in total. The van der Waals surface area contributed by atoms with Crippen LogP contribution in [0.5, 0.6) is 0 Å². The molecule has 0 aliphatic carbocycles. The van der Waals surface area contributed by atoms with Crippen LogP contribution in [0.25, 0.3) is 11.1 Å². The Labute approximate surface area is 174 Å². The first-order valence-corrected chi connectivity index (χ1v) is 9.95. The Morgan fingerprint density at radius 3 is 2.33 bits per heavy atom. The van der Waals surface area contributed by atoms with Crippen LogP contribution in [0.15, 0.2) is 53.3 Å². The minimum Gasteiger partial charge on any atom is -0.478 e. The summed E-state index contributed by atoms with van der Waals surface area (Å²) in [5.74, 6) is -0.445. The predicted molar refractivity (Wildman–Crippen MR) is 114 cm³/mol. The van der Waals surface area contributed by atoms with Gasteiger partial charge < -0.3 is 5.11 Å². The highest BCUT2D eigenvalue weighted by atomic mass is 16.4. The molecule has 0 amide bonds. The minimum absolute atomic E-state index is 0.204. The third-order valence-corrected chi connectivity index (χ3v) is 4.83. The fraction of sp³-hybridized carbons (Fsp3) is 0.304. The summed E-state index contributed by atoms with van der Waals surface area (Å²) in [6, 6.07) is 14.2. The molecular weight excluding hydrogens is 382 g/mol. The molecule has 1 N–H and O–H groups in total. The highest BCUT2D eigenvalue weighted by molar-refractivity contribution is 5.95. The third-order valence-electron chi connectivity index (χ3n) is 4.83. The molecule has 1 aromatic heterocycles. The monoisotopic (exact) mass is 407 g/mol. The number of carbonyl (C=O) groups is 2. The van der Waals surface area contributed by atoms with E-state index >= 15 is 0 Å². The topological polar surface area (TPSA) is 94.2 Å². The van der Waals surface area contributed by atoms with Gasteiger partial charge in [0.2, 0.25) is 0 Å². The van der Waals surface area contributed by atoms with Gasteiger partial charge in [0.05, 0.1) is 12.1 Å². The van der Waals surface area contributed by atoms with Crippen LogP contribution in [-0.2, 0) is 13.0 Å². The van der Waals surface area contributed by atoms with Gasteiger partial charge in [0.15, 0.2) is 0 Å². The Balaban J connectivity index is 1.94. The molecule has 2 aromatic carbocycles. The SMILES string of the molecule is CCC(=O)n1nc(CC(C)C)n(Cc2ccc(-c3ccccc3C(=O)O)cc2)c1=O. The van der Waals surface area contributed by atoms with Crippen LogP contribution in [-0.4, -0.2) is 31.3 Å². The van der Waals surface area contributed by atoms with E-state index in [9.17, 15) is 19.5 Å². The van der Waals surface area contributed by atoms with Crippen molar-refractivity contribution in [3.05, 3.63) is 76.0 Å². The summed E-state index contributed by atoms with van der Waals surface area (Å²) in [4.78, 5) is 36.3. The van der Waals surface area contributed by atoms with E-state index in [0.717, 1.165) is 15.8 Å². The van der Waals surface area contributed by atoms with Crippen molar-refractivity contribution in [3.63, 3.8) is 0 Å². The normalized spacial score (nSPS) is 11.1. The van der Waals surface area contributed by atoms with Crippen LogP contribution in [0, 0.1) is 5.92 Å². The number of carbonyl (C=O) groups excluding carboxylic acids is 1. The highest BCUT2D eigenvalue weighted by Crippen LogP contribution is 2.24. The summed E-state index contributed by atoms with van der Waals surface area (Å²) in [5, 5.41) is 13.7. The number of nitrogens with zero attached hydrogens (tertiary/aromatic N) is 3. The van der Waals surface area contributed by atoms with Gasteiger partial charge in [-0.05, 0) is 28.7 Å². The van der Waals surface area contributed by atoms with Crippen molar-refractivity contribution < 1.29 is 14.7 Å². The zero-order valence-corrected chi connectivity index (χ0v) is 17.3. The van der Waals surface area contributed by atoms with Crippen molar-refractivity contribution in [1.82, 2.24) is 14.3 Å². The van der Waals surface area contributed by atoms with Gasteiger partial charge in [-0.2, -0.15) is 0 Å². The first-order chi connectivity index (χ1) is 14.3. The molecule has 0 saturated carbocycles. The smallest absolute Gasteiger partial charge is 0.353 e. The van der Waals surface area contributed by atoms with Crippen LogP contribution in [0.1, 0.15) is 53.7 Å². The van der Waals surface area contributed by atoms with E-state index in [-0.39, 0.29) is 23.8 Å². The molecule has 0 aliphatic rings. The fourth-order valence-corrected chi connectivity index (χ4v) is 3.32. The second-order valence-corrected chi connectivity index (χ2v) is 7.59. The molecule has 0 saturated heterocycles. The molecule has 1 heterocycles. The van der Waals surface area contributed by atoms with Crippen molar-refractivity contribution in [2.45, 2.75) is 40.2 Å². The van der Waals surface area contributed by atoms with Gasteiger partial charge in [-0.25, -0.2) is 9.59 Å². The van der Waals surface area contributed by atoms with E-state index in [2.05, 4.69) is 5.10 Å². The molecule has 0 fully saturated rings. The van der Waals surface area contributed by atoms with Gasteiger partial charge in [-0.15, -0.1) is 9.78 Å². The van der Waals surface area contributed by atoms with Crippen molar-refractivity contribution in [1.29, 1.82) is 0 Å². The van der Waals surface area contributed by atoms with E-state index in [0.29, 0.717) is 24.4 Å². The maximum atomic E-state index is 12.8. The maximum Gasteiger partial charge on any atom is 0.353 e. The van der Waals surface area contributed by atoms with Crippen LogP contribution < -0.4 is 5.69 Å². The summed E-state index contributed by atoms with van der Waals surface area (Å²) < 4.78 is 2.49. The predicted octanol–water partition coefficient (Wildman–Crippen LogP) is 3.71. The molecule has 0 bridgehead atoms. The Morgan fingerprint density at radius 1 is 1.07 bits per heavy atom. The van der Waals surface area contributed by atoms with Gasteiger partial charge in [0.1, 0.15) is 5.82 Å². The number of aromatic carboxylic acids is 1. The van der Waals surface area contributed by atoms with E-state index in [4.69, 9.17) is 0 Å². The largest absolute Gasteiger partial charge is 0.478 e. The van der Waals surface area contributed by atoms with Crippen molar-refractivity contribution >= 4 is 11.9 Å². The van der Waals surface area contributed by atoms with Gasteiger partial charge in [-0.1, -0.05) is 63.2 Å². The number of aromatic nitrogens is 3. The number of carboxylic acid groups (broad SMARTS) is 1. The fourth-order valence-electron chi connectivity index (χ4n) is 3.32. The molecule has 0 unspecified atom stereocenters. The van der Waals surface area contributed by atoms with Crippen LogP contribution in [0.3, 0.4) is 0 Å². The maximum absolute atomic E-state index is 12.8. The first kappa shape index (κ1) is 21.2. The Morgan fingerprint density at radius 2 is 1.73 bits per heavy atom. The molecule has 0 atom stereocenters. The van der Waals surface area contributed by atoms with Gasteiger partial charge in [0, 0.05) is 12.8 Å². The lowest BCUT2D eigenvalue weighted by Gasteiger charge is -2.10.